The third-order valence-corrected chi connectivity index (χ3v) is 7.68. The number of hydrogen-bond acceptors (Lipinski definition) is 10. The fraction of sp³-hybridized carbons (Fsp3) is 0.387. The molecular weight excluding hydrogens is 568 g/mol. The number of anilines is 1. The van der Waals surface area contributed by atoms with Crippen molar-refractivity contribution in [2.24, 2.45) is 0 Å². The van der Waals surface area contributed by atoms with Gasteiger partial charge in [0.25, 0.3) is 11.8 Å². The maximum atomic E-state index is 14.2. The number of benzene rings is 2. The fourth-order valence-electron chi connectivity index (χ4n) is 5.54. The van der Waals surface area contributed by atoms with Gasteiger partial charge in [0.1, 0.15) is 31.3 Å². The molecule has 3 heterocycles. The molecule has 0 spiro atoms. The van der Waals surface area contributed by atoms with Crippen LogP contribution in [0.2, 0.25) is 0 Å². The minimum Gasteiger partial charge on any atom is -0.493 e. The molecule has 13 heteroatoms. The van der Waals surface area contributed by atoms with Crippen molar-refractivity contribution in [2.45, 2.75) is 51.2 Å². The number of aryl methyl sites for hydroxylation is 1. The van der Waals surface area contributed by atoms with Gasteiger partial charge < -0.3 is 28.7 Å². The molecule has 44 heavy (non-hydrogen) atoms. The van der Waals surface area contributed by atoms with Crippen molar-refractivity contribution in [1.29, 1.82) is 0 Å². The number of ether oxygens (including phenoxy) is 4. The van der Waals surface area contributed by atoms with Crippen molar-refractivity contribution in [1.82, 2.24) is 25.5 Å². The van der Waals surface area contributed by atoms with Crippen LogP contribution in [-0.4, -0.2) is 65.5 Å². The van der Waals surface area contributed by atoms with Crippen LogP contribution < -0.4 is 29.2 Å². The van der Waals surface area contributed by atoms with Crippen LogP contribution in [-0.2, 0) is 16.1 Å². The van der Waals surface area contributed by atoms with Crippen LogP contribution in [0, 0.1) is 6.92 Å². The summed E-state index contributed by atoms with van der Waals surface area (Å²) >= 11 is 0. The van der Waals surface area contributed by atoms with E-state index in [0.717, 1.165) is 25.7 Å². The van der Waals surface area contributed by atoms with Crippen molar-refractivity contribution in [3.05, 3.63) is 60.1 Å². The van der Waals surface area contributed by atoms with Crippen molar-refractivity contribution >= 4 is 17.5 Å². The van der Waals surface area contributed by atoms with Crippen LogP contribution in [0.25, 0.3) is 11.4 Å². The summed E-state index contributed by atoms with van der Waals surface area (Å²) < 4.78 is 28.2. The molecule has 2 aliphatic rings. The summed E-state index contributed by atoms with van der Waals surface area (Å²) in [6, 6.07) is 12.8. The Balaban J connectivity index is 1.35. The number of carbonyl (C=O) groups excluding carboxylic acids is 2. The van der Waals surface area contributed by atoms with E-state index in [0.29, 0.717) is 64.8 Å². The molecule has 1 saturated carbocycles. The van der Waals surface area contributed by atoms with Gasteiger partial charge in [-0.2, -0.15) is 4.80 Å². The first-order valence-corrected chi connectivity index (χ1v) is 14.5. The number of methoxy groups -OCH3 is 2. The minimum atomic E-state index is -1.10. The van der Waals surface area contributed by atoms with E-state index in [1.807, 2.05) is 0 Å². The Bertz CT molecular complexity index is 1640. The Labute approximate surface area is 254 Å². The molecule has 1 atom stereocenters. The molecule has 0 saturated heterocycles. The van der Waals surface area contributed by atoms with Gasteiger partial charge >= 0.3 is 0 Å². The summed E-state index contributed by atoms with van der Waals surface area (Å²) in [7, 11) is 3.09. The van der Waals surface area contributed by atoms with Crippen LogP contribution in [0.3, 0.4) is 0 Å². The smallest absolute Gasteiger partial charge is 0.251 e. The summed E-state index contributed by atoms with van der Waals surface area (Å²) in [6.07, 6.45) is 3.85. The number of amides is 2. The summed E-state index contributed by atoms with van der Waals surface area (Å²) in [5.74, 6) is 2.55. The van der Waals surface area contributed by atoms with Gasteiger partial charge in [0.2, 0.25) is 5.82 Å². The van der Waals surface area contributed by atoms with Crippen LogP contribution >= 0.6 is 0 Å². The van der Waals surface area contributed by atoms with Gasteiger partial charge in [-0.05, 0) is 67.4 Å². The number of furan rings is 1. The molecule has 0 bridgehead atoms. The third kappa shape index (κ3) is 6.03. The van der Waals surface area contributed by atoms with Crippen LogP contribution in [0.15, 0.2) is 52.9 Å². The maximum Gasteiger partial charge on any atom is 0.251 e. The number of nitrogens with one attached hydrogen (secondary N) is 1. The highest BCUT2D eigenvalue weighted by Gasteiger charge is 2.37. The van der Waals surface area contributed by atoms with Gasteiger partial charge in [-0.25, -0.2) is 0 Å². The maximum absolute atomic E-state index is 14.2. The molecule has 1 N–H and O–H groups in total. The second-order valence-corrected chi connectivity index (χ2v) is 10.6. The molecule has 230 valence electrons. The zero-order valence-corrected chi connectivity index (χ0v) is 24.8. The van der Waals surface area contributed by atoms with Crippen molar-refractivity contribution in [2.75, 3.05) is 32.3 Å². The SMILES string of the molecule is COc1ccc(-c2nnn(CC(=O)N(c3ccc4c(c3)OCCO4)[C@H](C(=O)NC3CCCC3)c3ccc(C)o3)n2)cc1OC. The second kappa shape index (κ2) is 12.7. The minimum absolute atomic E-state index is 0.0271. The summed E-state index contributed by atoms with van der Waals surface area (Å²) in [5, 5.41) is 15.9. The summed E-state index contributed by atoms with van der Waals surface area (Å²) in [6.45, 7) is 2.28. The Morgan fingerprint density at radius 3 is 2.50 bits per heavy atom. The standard InChI is InChI=1S/C31H34N6O7/c1-19-8-11-25(44-19)29(31(39)32-21-6-4-5-7-21)37(22-10-13-24-27(17-22)43-15-14-42-24)28(38)18-36-34-30(33-35-36)20-9-12-23(40-2)26(16-20)41-3/h8-13,16-17,21,29H,4-7,14-15,18H2,1-3H3,(H,32,39)/t29-/m0/s1. The van der Waals surface area contributed by atoms with E-state index in [2.05, 4.69) is 20.7 Å². The first kappa shape index (κ1) is 29.0. The van der Waals surface area contributed by atoms with Crippen LogP contribution in [0.4, 0.5) is 5.69 Å². The van der Waals surface area contributed by atoms with Crippen molar-refractivity contribution in [3.63, 3.8) is 0 Å². The van der Waals surface area contributed by atoms with Crippen LogP contribution in [0.1, 0.15) is 43.2 Å². The number of carbonyl (C=O) groups is 2. The van der Waals surface area contributed by atoms with E-state index in [9.17, 15) is 9.59 Å². The largest absolute Gasteiger partial charge is 0.493 e. The molecule has 1 aliphatic heterocycles. The van der Waals surface area contributed by atoms with E-state index >= 15 is 0 Å². The topological polar surface area (TPSA) is 143 Å². The summed E-state index contributed by atoms with van der Waals surface area (Å²) in [4.78, 5) is 30.8. The number of tetrazole rings is 1. The van der Waals surface area contributed by atoms with Gasteiger partial charge in [-0.1, -0.05) is 12.8 Å². The van der Waals surface area contributed by atoms with Gasteiger partial charge in [0.05, 0.1) is 14.2 Å². The molecule has 2 aromatic heterocycles. The Kier molecular flexibility index (Phi) is 8.35. The predicted molar refractivity (Wildman–Crippen MR) is 158 cm³/mol. The van der Waals surface area contributed by atoms with Crippen molar-refractivity contribution < 1.29 is 33.0 Å². The summed E-state index contributed by atoms with van der Waals surface area (Å²) in [5.41, 5.74) is 1.06. The van der Waals surface area contributed by atoms with Crippen molar-refractivity contribution in [3.8, 4) is 34.4 Å². The lowest BCUT2D eigenvalue weighted by molar-refractivity contribution is -0.128. The molecule has 1 aliphatic carbocycles. The van der Waals surface area contributed by atoms with E-state index in [1.54, 1.807) is 62.6 Å². The van der Waals surface area contributed by atoms with E-state index < -0.39 is 11.9 Å². The quantitative estimate of drug-likeness (QED) is 0.284. The monoisotopic (exact) mass is 602 g/mol. The number of fused-ring (bicyclic) bond motifs is 1. The lowest BCUT2D eigenvalue weighted by Gasteiger charge is -2.31. The van der Waals surface area contributed by atoms with E-state index in [1.165, 1.54) is 16.8 Å². The van der Waals surface area contributed by atoms with E-state index in [-0.39, 0.29) is 18.5 Å². The first-order valence-electron chi connectivity index (χ1n) is 14.5. The molecular formula is C31H34N6O7. The number of rotatable bonds is 10. The number of nitrogens with zero attached hydrogens (tertiary/aromatic N) is 5. The van der Waals surface area contributed by atoms with Crippen LogP contribution in [0.5, 0.6) is 23.0 Å². The molecule has 6 rings (SSSR count). The zero-order valence-electron chi connectivity index (χ0n) is 24.8. The predicted octanol–water partition coefficient (Wildman–Crippen LogP) is 3.86. The molecule has 1 fully saturated rings. The Morgan fingerprint density at radius 1 is 1.00 bits per heavy atom. The fourth-order valence-corrected chi connectivity index (χ4v) is 5.54. The highest BCUT2D eigenvalue weighted by Crippen LogP contribution is 2.38. The number of aromatic nitrogens is 4. The van der Waals surface area contributed by atoms with Gasteiger partial charge in [0, 0.05) is 23.4 Å². The highest BCUT2D eigenvalue weighted by atomic mass is 16.6. The lowest BCUT2D eigenvalue weighted by atomic mass is 10.1. The van der Waals surface area contributed by atoms with Gasteiger partial charge in [-0.3, -0.25) is 14.5 Å². The molecule has 2 aromatic carbocycles. The molecule has 0 unspecified atom stereocenters. The first-order chi connectivity index (χ1) is 21.4. The molecule has 2 amide bonds. The molecule has 13 nitrogen and oxygen atoms in total. The van der Waals surface area contributed by atoms with Gasteiger partial charge in [-0.15, -0.1) is 10.2 Å². The average molecular weight is 603 g/mol. The lowest BCUT2D eigenvalue weighted by Crippen LogP contribution is -2.47. The second-order valence-electron chi connectivity index (χ2n) is 10.6. The third-order valence-electron chi connectivity index (χ3n) is 7.68. The normalized spacial score (nSPS) is 15.1. The molecule has 0 radical (unpaired) electrons. The van der Waals surface area contributed by atoms with E-state index in [4.69, 9.17) is 23.4 Å². The average Bonchev–Trinajstić information content (AvgIpc) is 3.82. The highest BCUT2D eigenvalue weighted by molar-refractivity contribution is 6.01. The Morgan fingerprint density at radius 2 is 1.77 bits per heavy atom. The Hall–Kier alpha value is -5.07. The molecule has 4 aromatic rings. The van der Waals surface area contributed by atoms with Gasteiger partial charge in [0.15, 0.2) is 29.0 Å². The zero-order chi connectivity index (χ0) is 30.6. The number of hydrogen-bond donors (Lipinski definition) is 1.